The predicted octanol–water partition coefficient (Wildman–Crippen LogP) is 10.2. The molecule has 0 aliphatic heterocycles. The first-order chi connectivity index (χ1) is 20.0. The summed E-state index contributed by atoms with van der Waals surface area (Å²) < 4.78 is 8.65. The van der Waals surface area contributed by atoms with E-state index in [0.29, 0.717) is 17.2 Å². The molecule has 5 heteroatoms. The molecule has 0 aliphatic carbocycles. The number of para-hydroxylation sites is 1. The highest BCUT2D eigenvalue weighted by molar-refractivity contribution is 6.09. The monoisotopic (exact) mass is 550 g/mol. The fourth-order valence-electron chi connectivity index (χ4n) is 5.31. The van der Waals surface area contributed by atoms with Crippen molar-refractivity contribution in [2.45, 2.75) is 52.4 Å². The van der Waals surface area contributed by atoms with Crippen molar-refractivity contribution in [3.8, 4) is 28.6 Å². The fraction of sp³-hybridized carbons (Fsp3) is 0.216. The lowest BCUT2D eigenvalue weighted by Crippen LogP contribution is -2.12. The van der Waals surface area contributed by atoms with Gasteiger partial charge in [0.05, 0.1) is 23.3 Å². The third-order valence-corrected chi connectivity index (χ3v) is 7.66. The first-order valence-electron chi connectivity index (χ1n) is 14.2. The maximum absolute atomic E-state index is 7.71. The lowest BCUT2D eigenvalue weighted by Gasteiger charge is -2.20. The van der Waals surface area contributed by atoms with Gasteiger partial charge in [0, 0.05) is 29.2 Å². The van der Waals surface area contributed by atoms with Crippen LogP contribution in [0.15, 0.2) is 97.3 Å². The Morgan fingerprint density at radius 3 is 2.10 bits per heavy atom. The summed E-state index contributed by atoms with van der Waals surface area (Å²) in [7, 11) is 0. The number of pyridine rings is 2. The Bertz CT molecular complexity index is 2000. The molecule has 3 aromatic heterocycles. The minimum atomic E-state index is -0.0104. The van der Waals surface area contributed by atoms with E-state index in [0.717, 1.165) is 38.9 Å². The van der Waals surface area contributed by atoms with Crippen LogP contribution in [0.4, 0.5) is 5.69 Å². The fourth-order valence-corrected chi connectivity index (χ4v) is 5.31. The van der Waals surface area contributed by atoms with Gasteiger partial charge in [-0.1, -0.05) is 59.7 Å². The van der Waals surface area contributed by atoms with Crippen molar-refractivity contribution in [1.29, 1.82) is 0 Å². The maximum atomic E-state index is 7.71. The molecular weight excluding hydrogens is 516 g/mol. The van der Waals surface area contributed by atoms with Crippen LogP contribution in [0.25, 0.3) is 43.7 Å². The minimum Gasteiger partial charge on any atom is -0.459 e. The molecule has 42 heavy (non-hydrogen) atoms. The van der Waals surface area contributed by atoms with Gasteiger partial charge in [0.25, 0.3) is 0 Å². The van der Waals surface area contributed by atoms with Gasteiger partial charge in [-0.2, -0.15) is 0 Å². The van der Waals surface area contributed by atoms with Crippen LogP contribution in [0.1, 0.15) is 52.7 Å². The van der Waals surface area contributed by atoms with Crippen LogP contribution in [0.3, 0.4) is 0 Å². The molecule has 0 aliphatic rings. The Hall–Kier alpha value is -4.95. The first-order valence-corrected chi connectivity index (χ1v) is 14.2. The number of nitrogens with zero attached hydrogens (tertiary/aromatic N) is 4. The number of fused-ring (bicyclic) bond motifs is 3. The zero-order valence-electron chi connectivity index (χ0n) is 24.9. The smallest absolute Gasteiger partial charge is 0.191 e. The molecule has 3 heterocycles. The minimum absolute atomic E-state index is 0.00238. The summed E-state index contributed by atoms with van der Waals surface area (Å²) in [6, 6.07) is 28.5. The molecule has 6 aromatic rings. The molecule has 6 rings (SSSR count). The van der Waals surface area contributed by atoms with E-state index in [1.165, 1.54) is 11.1 Å². The zero-order valence-corrected chi connectivity index (χ0v) is 24.9. The third kappa shape index (κ3) is 5.12. The van der Waals surface area contributed by atoms with Gasteiger partial charge >= 0.3 is 0 Å². The molecule has 0 saturated heterocycles. The van der Waals surface area contributed by atoms with E-state index in [9.17, 15) is 0 Å². The van der Waals surface area contributed by atoms with Gasteiger partial charge in [0.1, 0.15) is 17.3 Å². The molecule has 0 atom stereocenters. The molecule has 0 spiro atoms. The van der Waals surface area contributed by atoms with Gasteiger partial charge in [-0.25, -0.2) is 9.83 Å². The SMILES string of the molecule is [C-]#[N+]c1cc(Oc2ccc3c4ccccc4n(-c4cc(C(C)(C)C)ccn4)c3c2)cc(-c2cc(C(C)(C)C)ccn2)c1. The molecule has 0 bridgehead atoms. The van der Waals surface area contributed by atoms with E-state index in [2.05, 4.69) is 111 Å². The van der Waals surface area contributed by atoms with Crippen molar-refractivity contribution in [3.05, 3.63) is 120 Å². The summed E-state index contributed by atoms with van der Waals surface area (Å²) in [5.74, 6) is 2.15. The van der Waals surface area contributed by atoms with E-state index in [-0.39, 0.29) is 10.8 Å². The highest BCUT2D eigenvalue weighted by Gasteiger charge is 2.19. The Kier molecular flexibility index (Phi) is 6.58. The number of ether oxygens (including phenoxy) is 1. The molecule has 0 amide bonds. The second-order valence-corrected chi connectivity index (χ2v) is 12.8. The van der Waals surface area contributed by atoms with E-state index >= 15 is 0 Å². The summed E-state index contributed by atoms with van der Waals surface area (Å²) in [6.45, 7) is 20.9. The van der Waals surface area contributed by atoms with Crippen LogP contribution >= 0.6 is 0 Å². The number of hydrogen-bond donors (Lipinski definition) is 0. The van der Waals surface area contributed by atoms with E-state index in [1.54, 1.807) is 6.07 Å². The van der Waals surface area contributed by atoms with E-state index in [1.807, 2.05) is 36.7 Å². The summed E-state index contributed by atoms with van der Waals surface area (Å²) in [4.78, 5) is 13.1. The Morgan fingerprint density at radius 1 is 0.667 bits per heavy atom. The van der Waals surface area contributed by atoms with Crippen LogP contribution in [-0.2, 0) is 10.8 Å². The molecule has 208 valence electrons. The zero-order chi connectivity index (χ0) is 29.6. The predicted molar refractivity (Wildman–Crippen MR) is 172 cm³/mol. The highest BCUT2D eigenvalue weighted by Crippen LogP contribution is 2.37. The standard InChI is InChI=1S/C37H34N4O/c1-36(2,3)25-14-16-39-32(20-25)24-18-27(38-7)22-29(19-24)42-28-12-13-31-30-10-8-9-11-33(30)41(34(31)23-28)35-21-26(15-17-40-35)37(4,5)6/h8-23H,1-6H3. The largest absolute Gasteiger partial charge is 0.459 e. The van der Waals surface area contributed by atoms with Gasteiger partial charge in [-0.05, 0) is 88.2 Å². The number of rotatable bonds is 4. The van der Waals surface area contributed by atoms with Crippen molar-refractivity contribution in [2.75, 3.05) is 0 Å². The van der Waals surface area contributed by atoms with E-state index < -0.39 is 0 Å². The summed E-state index contributed by atoms with van der Waals surface area (Å²) >= 11 is 0. The molecule has 0 fully saturated rings. The normalized spacial score (nSPS) is 12.0. The lowest BCUT2D eigenvalue weighted by molar-refractivity contribution is 0.484. The summed E-state index contributed by atoms with van der Waals surface area (Å²) in [5.41, 5.74) is 6.66. The Labute approximate surface area is 247 Å². The molecule has 3 aromatic carbocycles. The third-order valence-electron chi connectivity index (χ3n) is 7.66. The topological polar surface area (TPSA) is 44.3 Å². The van der Waals surface area contributed by atoms with Gasteiger partial charge < -0.3 is 4.74 Å². The van der Waals surface area contributed by atoms with Crippen molar-refractivity contribution in [1.82, 2.24) is 14.5 Å². The van der Waals surface area contributed by atoms with Crippen molar-refractivity contribution < 1.29 is 4.74 Å². The van der Waals surface area contributed by atoms with Gasteiger partial charge in [-0.3, -0.25) is 9.55 Å². The second-order valence-electron chi connectivity index (χ2n) is 12.8. The van der Waals surface area contributed by atoms with Crippen LogP contribution in [0.5, 0.6) is 11.5 Å². The molecule has 0 saturated carbocycles. The number of benzene rings is 3. The molecule has 0 radical (unpaired) electrons. The van der Waals surface area contributed by atoms with Crippen molar-refractivity contribution >= 4 is 27.5 Å². The molecule has 0 unspecified atom stereocenters. The van der Waals surface area contributed by atoms with Crippen LogP contribution in [-0.4, -0.2) is 14.5 Å². The van der Waals surface area contributed by atoms with Crippen LogP contribution < -0.4 is 4.74 Å². The summed E-state index contributed by atoms with van der Waals surface area (Å²) in [6.07, 6.45) is 3.72. The average Bonchev–Trinajstić information content (AvgIpc) is 3.30. The highest BCUT2D eigenvalue weighted by atomic mass is 16.5. The molecule has 5 nitrogen and oxygen atoms in total. The van der Waals surface area contributed by atoms with Gasteiger partial charge in [0.2, 0.25) is 0 Å². The first kappa shape index (κ1) is 27.2. The van der Waals surface area contributed by atoms with Crippen LogP contribution in [0, 0.1) is 6.57 Å². The molecule has 0 N–H and O–H groups in total. The number of hydrogen-bond acceptors (Lipinski definition) is 3. The Morgan fingerprint density at radius 2 is 1.36 bits per heavy atom. The van der Waals surface area contributed by atoms with Gasteiger partial charge in [-0.15, -0.1) is 0 Å². The van der Waals surface area contributed by atoms with Crippen LogP contribution in [0.2, 0.25) is 0 Å². The number of aromatic nitrogens is 3. The average molecular weight is 551 g/mol. The van der Waals surface area contributed by atoms with Crippen molar-refractivity contribution in [2.24, 2.45) is 0 Å². The summed E-state index contributed by atoms with van der Waals surface area (Å²) in [5, 5.41) is 2.28. The molecular formula is C37H34N4O. The second kappa shape index (κ2) is 10.2. The quantitative estimate of drug-likeness (QED) is 0.205. The van der Waals surface area contributed by atoms with E-state index in [4.69, 9.17) is 16.3 Å². The van der Waals surface area contributed by atoms with Gasteiger partial charge in [0.15, 0.2) is 5.69 Å². The van der Waals surface area contributed by atoms with Crippen molar-refractivity contribution in [3.63, 3.8) is 0 Å². The maximum Gasteiger partial charge on any atom is 0.191 e. The lowest BCUT2D eigenvalue weighted by atomic mass is 9.87. The Balaban J connectivity index is 1.46.